The topological polar surface area (TPSA) is 109 Å². The van der Waals surface area contributed by atoms with Crippen molar-refractivity contribution in [1.82, 2.24) is 20.9 Å². The van der Waals surface area contributed by atoms with Crippen LogP contribution in [0.3, 0.4) is 0 Å². The van der Waals surface area contributed by atoms with Gasteiger partial charge in [0.2, 0.25) is 0 Å². The lowest BCUT2D eigenvalue weighted by Crippen LogP contribution is -2.45. The van der Waals surface area contributed by atoms with E-state index in [0.717, 1.165) is 12.8 Å². The normalized spacial score (nSPS) is 21.9. The highest BCUT2D eigenvalue weighted by Gasteiger charge is 2.51. The molecule has 1 saturated heterocycles. The van der Waals surface area contributed by atoms with Crippen LogP contribution in [0.25, 0.3) is 0 Å². The number of hydrogen-bond donors (Lipinski definition) is 3. The second-order valence-electron chi connectivity index (χ2n) is 7.66. The third kappa shape index (κ3) is 4.08. The van der Waals surface area contributed by atoms with Crippen molar-refractivity contribution in [3.05, 3.63) is 24.3 Å². The maximum Gasteiger partial charge on any atom is 0.325 e. The molecule has 1 aliphatic carbocycles. The van der Waals surface area contributed by atoms with Gasteiger partial charge in [-0.2, -0.15) is 0 Å². The van der Waals surface area contributed by atoms with Crippen LogP contribution in [-0.2, 0) is 4.79 Å². The summed E-state index contributed by atoms with van der Waals surface area (Å²) in [5, 5.41) is 8.35. The number of rotatable bonds is 6. The van der Waals surface area contributed by atoms with Gasteiger partial charge in [0, 0.05) is 13.1 Å². The number of nitrogens with one attached hydrogen (secondary N) is 3. The van der Waals surface area contributed by atoms with Crippen LogP contribution in [0, 0.1) is 0 Å². The SMILES string of the molecule is O=C(NCCCN1C(=O)NC2(CCCC2)C1=O)NC[C@H]1COc2ccccc2O1. The van der Waals surface area contributed by atoms with Gasteiger partial charge in [0.15, 0.2) is 17.6 Å². The number of hydrogen-bond acceptors (Lipinski definition) is 5. The molecule has 0 radical (unpaired) electrons. The summed E-state index contributed by atoms with van der Waals surface area (Å²) in [6.07, 6.45) is 3.59. The lowest BCUT2D eigenvalue weighted by atomic mass is 9.98. The van der Waals surface area contributed by atoms with E-state index in [1.807, 2.05) is 24.3 Å². The van der Waals surface area contributed by atoms with E-state index in [-0.39, 0.29) is 24.1 Å². The van der Waals surface area contributed by atoms with E-state index in [0.29, 0.717) is 57.0 Å². The van der Waals surface area contributed by atoms with Gasteiger partial charge < -0.3 is 25.4 Å². The van der Waals surface area contributed by atoms with Crippen molar-refractivity contribution in [3.63, 3.8) is 0 Å². The molecule has 2 fully saturated rings. The van der Waals surface area contributed by atoms with Gasteiger partial charge in [-0.1, -0.05) is 25.0 Å². The number of carbonyl (C=O) groups excluding carboxylic acids is 3. The number of nitrogens with zero attached hydrogens (tertiary/aromatic N) is 1. The highest BCUT2D eigenvalue weighted by atomic mass is 16.6. The molecule has 1 aromatic rings. The molecule has 1 saturated carbocycles. The minimum atomic E-state index is -0.678. The largest absolute Gasteiger partial charge is 0.486 e. The van der Waals surface area contributed by atoms with E-state index in [4.69, 9.17) is 9.47 Å². The molecule has 1 aromatic carbocycles. The van der Waals surface area contributed by atoms with Gasteiger partial charge in [-0.15, -0.1) is 0 Å². The quantitative estimate of drug-likeness (QED) is 0.492. The average Bonchev–Trinajstić information content (AvgIpc) is 3.29. The summed E-state index contributed by atoms with van der Waals surface area (Å²) in [7, 11) is 0. The third-order valence-corrected chi connectivity index (χ3v) is 5.60. The molecule has 0 bridgehead atoms. The monoisotopic (exact) mass is 402 g/mol. The molecule has 156 valence electrons. The predicted octanol–water partition coefficient (Wildman–Crippen LogP) is 1.38. The zero-order chi connectivity index (χ0) is 20.3. The standard InChI is InChI=1S/C20H26N4O5/c25-17-20(8-3-4-9-20)23-19(27)24(17)11-5-10-21-18(26)22-12-14-13-28-15-6-1-2-7-16(15)29-14/h1-2,6-7,14H,3-5,8-13H2,(H,23,27)(H2,21,22,26)/t14-/m0/s1. The van der Waals surface area contributed by atoms with E-state index in [1.165, 1.54) is 4.90 Å². The fourth-order valence-corrected chi connectivity index (χ4v) is 4.07. The van der Waals surface area contributed by atoms with Gasteiger partial charge in [-0.25, -0.2) is 9.59 Å². The Labute approximate surface area is 169 Å². The van der Waals surface area contributed by atoms with Crippen molar-refractivity contribution in [2.45, 2.75) is 43.7 Å². The zero-order valence-corrected chi connectivity index (χ0v) is 16.2. The number of ether oxygens (including phenoxy) is 2. The summed E-state index contributed by atoms with van der Waals surface area (Å²) in [4.78, 5) is 37.9. The third-order valence-electron chi connectivity index (χ3n) is 5.60. The molecule has 2 heterocycles. The molecular formula is C20H26N4O5. The van der Waals surface area contributed by atoms with Crippen molar-refractivity contribution in [2.75, 3.05) is 26.2 Å². The Balaban J connectivity index is 1.14. The Kier molecular flexibility index (Phi) is 5.46. The fourth-order valence-electron chi connectivity index (χ4n) is 4.07. The van der Waals surface area contributed by atoms with Crippen LogP contribution in [-0.4, -0.2) is 60.8 Å². The Bertz CT molecular complexity index is 793. The fraction of sp³-hybridized carbons (Fsp3) is 0.550. The van der Waals surface area contributed by atoms with Gasteiger partial charge in [-0.05, 0) is 31.4 Å². The summed E-state index contributed by atoms with van der Waals surface area (Å²) in [5.74, 6) is 1.24. The molecule has 5 amide bonds. The first kappa shape index (κ1) is 19.4. The smallest absolute Gasteiger partial charge is 0.325 e. The average molecular weight is 402 g/mol. The second-order valence-corrected chi connectivity index (χ2v) is 7.66. The molecule has 3 N–H and O–H groups in total. The Morgan fingerprint density at radius 2 is 1.93 bits per heavy atom. The summed E-state index contributed by atoms with van der Waals surface area (Å²) in [5.41, 5.74) is -0.678. The maximum absolute atomic E-state index is 12.6. The minimum Gasteiger partial charge on any atom is -0.486 e. The van der Waals surface area contributed by atoms with E-state index in [9.17, 15) is 14.4 Å². The van der Waals surface area contributed by atoms with Crippen LogP contribution in [0.15, 0.2) is 24.3 Å². The van der Waals surface area contributed by atoms with Gasteiger partial charge in [0.05, 0.1) is 6.54 Å². The number of fused-ring (bicyclic) bond motifs is 1. The van der Waals surface area contributed by atoms with Crippen LogP contribution in [0.2, 0.25) is 0 Å². The molecule has 0 unspecified atom stereocenters. The molecular weight excluding hydrogens is 376 g/mol. The Morgan fingerprint density at radius 3 is 2.72 bits per heavy atom. The number of amides is 5. The van der Waals surface area contributed by atoms with E-state index < -0.39 is 5.54 Å². The highest BCUT2D eigenvalue weighted by molar-refractivity contribution is 6.07. The van der Waals surface area contributed by atoms with Gasteiger partial charge in [0.25, 0.3) is 5.91 Å². The molecule has 1 atom stereocenters. The van der Waals surface area contributed by atoms with Gasteiger partial charge in [0.1, 0.15) is 12.1 Å². The van der Waals surface area contributed by atoms with Crippen LogP contribution in [0.5, 0.6) is 11.5 Å². The number of benzene rings is 1. The van der Waals surface area contributed by atoms with Crippen LogP contribution >= 0.6 is 0 Å². The highest BCUT2D eigenvalue weighted by Crippen LogP contribution is 2.35. The summed E-state index contributed by atoms with van der Waals surface area (Å²) in [6, 6.07) is 6.76. The van der Waals surface area contributed by atoms with Crippen molar-refractivity contribution in [1.29, 1.82) is 0 Å². The Morgan fingerprint density at radius 1 is 1.17 bits per heavy atom. The Hall–Kier alpha value is -2.97. The van der Waals surface area contributed by atoms with Crippen molar-refractivity contribution in [2.24, 2.45) is 0 Å². The van der Waals surface area contributed by atoms with Crippen LogP contribution in [0.1, 0.15) is 32.1 Å². The lowest BCUT2D eigenvalue weighted by molar-refractivity contribution is -0.131. The molecule has 29 heavy (non-hydrogen) atoms. The van der Waals surface area contributed by atoms with E-state index in [1.54, 1.807) is 0 Å². The van der Waals surface area contributed by atoms with Crippen LogP contribution in [0.4, 0.5) is 9.59 Å². The molecule has 4 rings (SSSR count). The molecule has 1 spiro atoms. The lowest BCUT2D eigenvalue weighted by Gasteiger charge is -2.26. The van der Waals surface area contributed by atoms with Crippen molar-refractivity contribution < 1.29 is 23.9 Å². The van der Waals surface area contributed by atoms with Gasteiger partial charge >= 0.3 is 12.1 Å². The first-order valence-corrected chi connectivity index (χ1v) is 10.1. The summed E-state index contributed by atoms with van der Waals surface area (Å²) >= 11 is 0. The molecule has 0 aromatic heterocycles. The molecule has 3 aliphatic rings. The number of imide groups is 1. The van der Waals surface area contributed by atoms with Gasteiger partial charge in [-0.3, -0.25) is 9.69 Å². The van der Waals surface area contributed by atoms with E-state index in [2.05, 4.69) is 16.0 Å². The van der Waals surface area contributed by atoms with Crippen LogP contribution < -0.4 is 25.4 Å². The molecule has 2 aliphatic heterocycles. The zero-order valence-electron chi connectivity index (χ0n) is 16.2. The first-order valence-electron chi connectivity index (χ1n) is 10.1. The van der Waals surface area contributed by atoms with Crippen molar-refractivity contribution >= 4 is 18.0 Å². The number of para-hydroxylation sites is 2. The minimum absolute atomic E-state index is 0.126. The van der Waals surface area contributed by atoms with E-state index >= 15 is 0 Å². The first-order chi connectivity index (χ1) is 14.1. The van der Waals surface area contributed by atoms with Crippen molar-refractivity contribution in [3.8, 4) is 11.5 Å². The number of carbonyl (C=O) groups is 3. The second kappa shape index (κ2) is 8.18. The summed E-state index contributed by atoms with van der Waals surface area (Å²) in [6.45, 7) is 1.34. The maximum atomic E-state index is 12.6. The predicted molar refractivity (Wildman–Crippen MR) is 104 cm³/mol. The molecule has 9 nitrogen and oxygen atoms in total. The number of urea groups is 2. The molecule has 9 heteroatoms. The summed E-state index contributed by atoms with van der Waals surface area (Å²) < 4.78 is 11.4.